The van der Waals surface area contributed by atoms with Crippen LogP contribution < -0.4 is 5.14 Å². The van der Waals surface area contributed by atoms with E-state index >= 15 is 0 Å². The summed E-state index contributed by atoms with van der Waals surface area (Å²) in [5, 5.41) is 5.38. The van der Waals surface area contributed by atoms with Crippen LogP contribution >= 0.6 is 0 Å². The highest BCUT2D eigenvalue weighted by atomic mass is 32.2. The van der Waals surface area contributed by atoms with Gasteiger partial charge in [0.15, 0.2) is 0 Å². The molecule has 0 bridgehead atoms. The summed E-state index contributed by atoms with van der Waals surface area (Å²) in [7, 11) is -2.85. The minimum absolute atomic E-state index is 0.0862. The van der Waals surface area contributed by atoms with E-state index in [2.05, 4.69) is 16.2 Å². The average Bonchev–Trinajstić information content (AvgIpc) is 1.96. The summed E-state index contributed by atoms with van der Waals surface area (Å²) in [6.07, 6.45) is 0.623. The van der Waals surface area contributed by atoms with Crippen molar-refractivity contribution in [3.63, 3.8) is 0 Å². The Balaban J connectivity index is 4.41. The molecule has 0 fully saturated rings. The van der Waals surface area contributed by atoms with Crippen LogP contribution in [0.5, 0.6) is 0 Å². The van der Waals surface area contributed by atoms with Crippen molar-refractivity contribution in [2.24, 2.45) is 15.4 Å². The van der Waals surface area contributed by atoms with Crippen molar-refractivity contribution < 1.29 is 9.00 Å². The lowest BCUT2D eigenvalue weighted by atomic mass is 10.1. The van der Waals surface area contributed by atoms with Crippen molar-refractivity contribution >= 4 is 15.8 Å². The molecule has 0 radical (unpaired) electrons. The fraction of sp³-hybridized carbons (Fsp3) is 0.667. The van der Waals surface area contributed by atoms with Crippen LogP contribution in [0.15, 0.2) is 4.36 Å². The molecule has 0 aromatic carbocycles. The van der Waals surface area contributed by atoms with Crippen LogP contribution in [0.25, 0.3) is 0 Å². The standard InChI is InChI=1S/C9H16N2O2S/c1-4-5-6-8(2)7-14(10,13)11-9(3)12/h8H,6-7H2,1-3H3,(H2,10,11,12,13)/t8-,14-/m0/s1. The fourth-order valence-electron chi connectivity index (χ4n) is 0.998. The van der Waals surface area contributed by atoms with E-state index in [1.165, 1.54) is 6.92 Å². The SMILES string of the molecule is CC#CC[C@H](C)C[S@@](N)(=O)=NC(C)=O. The first kappa shape index (κ1) is 13.1. The monoisotopic (exact) mass is 216 g/mol. The predicted octanol–water partition coefficient (Wildman–Crippen LogP) is 0.924. The van der Waals surface area contributed by atoms with Crippen molar-refractivity contribution in [3.8, 4) is 11.8 Å². The molecule has 1 amide bonds. The zero-order valence-corrected chi connectivity index (χ0v) is 9.56. The maximum Gasteiger partial charge on any atom is 0.251 e. The number of nitrogens with two attached hydrogens (primary N) is 1. The second kappa shape index (κ2) is 5.78. The number of carbonyl (C=O) groups excluding carboxylic acids is 1. The Morgan fingerprint density at radius 2 is 2.21 bits per heavy atom. The number of nitrogens with zero attached hydrogens (tertiary/aromatic N) is 1. The maximum absolute atomic E-state index is 11.5. The molecular weight excluding hydrogens is 200 g/mol. The predicted molar refractivity (Wildman–Crippen MR) is 57.5 cm³/mol. The van der Waals surface area contributed by atoms with Gasteiger partial charge in [-0.3, -0.25) is 4.79 Å². The summed E-state index contributed by atoms with van der Waals surface area (Å²) < 4.78 is 14.9. The second-order valence-electron chi connectivity index (χ2n) is 3.20. The summed E-state index contributed by atoms with van der Waals surface area (Å²) in [4.78, 5) is 10.6. The minimum Gasteiger partial charge on any atom is -0.272 e. The van der Waals surface area contributed by atoms with Crippen LogP contribution in [-0.4, -0.2) is 15.9 Å². The van der Waals surface area contributed by atoms with Gasteiger partial charge < -0.3 is 0 Å². The third-order valence-electron chi connectivity index (χ3n) is 1.43. The zero-order chi connectivity index (χ0) is 11.2. The van der Waals surface area contributed by atoms with Crippen LogP contribution in [0.3, 0.4) is 0 Å². The highest BCUT2D eigenvalue weighted by Crippen LogP contribution is 2.04. The lowest BCUT2D eigenvalue weighted by Gasteiger charge is -2.07. The van der Waals surface area contributed by atoms with E-state index in [9.17, 15) is 9.00 Å². The Hall–Kier alpha value is -0.860. The Bertz CT molecular complexity index is 370. The molecule has 80 valence electrons. The molecule has 0 heterocycles. The van der Waals surface area contributed by atoms with E-state index in [-0.39, 0.29) is 11.7 Å². The molecular formula is C9H16N2O2S. The Kier molecular flexibility index (Phi) is 5.43. The topological polar surface area (TPSA) is 72.5 Å². The summed E-state index contributed by atoms with van der Waals surface area (Å²) in [6, 6.07) is 0. The highest BCUT2D eigenvalue weighted by Gasteiger charge is 2.09. The van der Waals surface area contributed by atoms with Gasteiger partial charge in [0.05, 0.1) is 0 Å². The summed E-state index contributed by atoms with van der Waals surface area (Å²) in [6.45, 7) is 4.86. The lowest BCUT2D eigenvalue weighted by molar-refractivity contribution is -0.115. The van der Waals surface area contributed by atoms with E-state index in [0.717, 1.165) is 0 Å². The normalized spacial score (nSPS) is 16.0. The summed E-state index contributed by atoms with van der Waals surface area (Å²) in [5.41, 5.74) is 0. The smallest absolute Gasteiger partial charge is 0.251 e. The first-order valence-electron chi connectivity index (χ1n) is 4.30. The van der Waals surface area contributed by atoms with E-state index in [1.54, 1.807) is 6.92 Å². The molecule has 0 saturated heterocycles. The molecule has 0 aromatic rings. The molecule has 0 aliphatic heterocycles. The molecule has 0 spiro atoms. The van der Waals surface area contributed by atoms with Gasteiger partial charge in [-0.2, -0.15) is 0 Å². The summed E-state index contributed by atoms with van der Waals surface area (Å²) in [5.74, 6) is 5.41. The quantitative estimate of drug-likeness (QED) is 0.713. The van der Waals surface area contributed by atoms with Gasteiger partial charge in [-0.15, -0.1) is 16.2 Å². The van der Waals surface area contributed by atoms with E-state index < -0.39 is 15.8 Å². The van der Waals surface area contributed by atoms with Crippen LogP contribution in [0.4, 0.5) is 0 Å². The molecule has 4 nitrogen and oxygen atoms in total. The van der Waals surface area contributed by atoms with Crippen LogP contribution in [0.1, 0.15) is 27.2 Å². The third-order valence-corrected chi connectivity index (χ3v) is 3.05. The van der Waals surface area contributed by atoms with Gasteiger partial charge in [0.25, 0.3) is 5.91 Å². The van der Waals surface area contributed by atoms with Gasteiger partial charge >= 0.3 is 0 Å². The maximum atomic E-state index is 11.5. The van der Waals surface area contributed by atoms with Crippen molar-refractivity contribution in [1.29, 1.82) is 0 Å². The molecule has 0 unspecified atom stereocenters. The van der Waals surface area contributed by atoms with Crippen LogP contribution in [0.2, 0.25) is 0 Å². The molecule has 0 rings (SSSR count). The van der Waals surface area contributed by atoms with E-state index in [1.807, 2.05) is 6.92 Å². The van der Waals surface area contributed by atoms with Crippen LogP contribution in [0, 0.1) is 17.8 Å². The fourth-order valence-corrected chi connectivity index (χ4v) is 2.44. The number of hydrogen-bond donors (Lipinski definition) is 1. The number of rotatable bonds is 3. The second-order valence-corrected chi connectivity index (χ2v) is 5.10. The zero-order valence-electron chi connectivity index (χ0n) is 8.74. The number of amides is 1. The molecule has 14 heavy (non-hydrogen) atoms. The first-order valence-corrected chi connectivity index (χ1v) is 6.05. The van der Waals surface area contributed by atoms with Gasteiger partial charge in [0, 0.05) is 19.1 Å². The van der Waals surface area contributed by atoms with E-state index in [0.29, 0.717) is 6.42 Å². The molecule has 0 aromatic heterocycles. The Morgan fingerprint density at radius 3 is 2.64 bits per heavy atom. The van der Waals surface area contributed by atoms with Crippen LogP contribution in [-0.2, 0) is 14.7 Å². The molecule has 5 heteroatoms. The van der Waals surface area contributed by atoms with Gasteiger partial charge in [-0.25, -0.2) is 9.35 Å². The van der Waals surface area contributed by atoms with Crippen molar-refractivity contribution in [1.82, 2.24) is 0 Å². The number of hydrogen-bond acceptors (Lipinski definition) is 2. The number of carbonyl (C=O) groups is 1. The molecule has 2 N–H and O–H groups in total. The lowest BCUT2D eigenvalue weighted by Crippen LogP contribution is -2.22. The van der Waals surface area contributed by atoms with Gasteiger partial charge in [-0.1, -0.05) is 6.92 Å². The first-order chi connectivity index (χ1) is 6.37. The molecule has 0 aliphatic rings. The molecule has 0 saturated carbocycles. The minimum atomic E-state index is -2.85. The molecule has 2 atom stereocenters. The third kappa shape index (κ3) is 6.63. The Morgan fingerprint density at radius 1 is 1.64 bits per heavy atom. The van der Waals surface area contributed by atoms with Crippen molar-refractivity contribution in [3.05, 3.63) is 0 Å². The van der Waals surface area contributed by atoms with Crippen molar-refractivity contribution in [2.45, 2.75) is 27.2 Å². The van der Waals surface area contributed by atoms with Gasteiger partial charge in [-0.05, 0) is 12.8 Å². The average molecular weight is 216 g/mol. The van der Waals surface area contributed by atoms with Gasteiger partial charge in [0.2, 0.25) is 0 Å². The highest BCUT2D eigenvalue weighted by molar-refractivity contribution is 7.91. The summed E-state index contributed by atoms with van der Waals surface area (Å²) >= 11 is 0. The van der Waals surface area contributed by atoms with Crippen molar-refractivity contribution in [2.75, 3.05) is 5.75 Å². The van der Waals surface area contributed by atoms with E-state index in [4.69, 9.17) is 5.14 Å². The Labute approximate surface area is 85.6 Å². The molecule has 0 aliphatic carbocycles. The van der Waals surface area contributed by atoms with Gasteiger partial charge in [0.1, 0.15) is 9.92 Å². The largest absolute Gasteiger partial charge is 0.272 e.